The second-order valence-corrected chi connectivity index (χ2v) is 5.56. The molecule has 0 atom stereocenters. The van der Waals surface area contributed by atoms with Crippen LogP contribution in [0.1, 0.15) is 11.1 Å². The largest absolute Gasteiger partial charge is 0.395 e. The average Bonchev–Trinajstić information content (AvgIpc) is 2.60. The summed E-state index contributed by atoms with van der Waals surface area (Å²) in [6.45, 7) is 3.84. The van der Waals surface area contributed by atoms with E-state index >= 15 is 0 Å². The maximum Gasteiger partial charge on any atom is 0.311 e. The molecule has 1 aromatic carbocycles. The molecule has 0 unspecified atom stereocenters. The van der Waals surface area contributed by atoms with Crippen LogP contribution >= 0.6 is 0 Å². The Hall–Kier alpha value is -1.96. The topological polar surface area (TPSA) is 98.9 Å². The van der Waals surface area contributed by atoms with Gasteiger partial charge in [0.05, 0.1) is 6.61 Å². The number of hydrogen-bond acceptors (Lipinski definition) is 5. The normalized spacial score (nSPS) is 15.5. The lowest BCUT2D eigenvalue weighted by Crippen LogP contribution is -2.52. The highest BCUT2D eigenvalue weighted by Crippen LogP contribution is 2.05. The second kappa shape index (κ2) is 8.61. The van der Waals surface area contributed by atoms with Gasteiger partial charge in [-0.25, -0.2) is 0 Å². The number of carbonyl (C=O) groups is 2. The van der Waals surface area contributed by atoms with Crippen molar-refractivity contribution in [3.8, 4) is 0 Å². The van der Waals surface area contributed by atoms with Crippen molar-refractivity contribution in [3.05, 3.63) is 35.4 Å². The summed E-state index contributed by atoms with van der Waals surface area (Å²) in [5.74, 6) is -1.08. The lowest BCUT2D eigenvalue weighted by Gasteiger charge is -2.33. The summed E-state index contributed by atoms with van der Waals surface area (Å²) in [6, 6.07) is 7.60. The van der Waals surface area contributed by atoms with Crippen LogP contribution in [-0.4, -0.2) is 66.1 Å². The second-order valence-electron chi connectivity index (χ2n) is 5.56. The van der Waals surface area contributed by atoms with Crippen molar-refractivity contribution in [1.82, 2.24) is 15.1 Å². The molecule has 4 N–H and O–H groups in total. The van der Waals surface area contributed by atoms with Gasteiger partial charge in [-0.2, -0.15) is 0 Å². The highest BCUT2D eigenvalue weighted by Gasteiger charge is 2.25. The molecule has 7 heteroatoms. The molecule has 0 radical (unpaired) electrons. The van der Waals surface area contributed by atoms with Crippen LogP contribution in [0.3, 0.4) is 0 Å². The lowest BCUT2D eigenvalue weighted by molar-refractivity contribution is -0.147. The predicted molar refractivity (Wildman–Crippen MR) is 86.3 cm³/mol. The standard InChI is InChI=1S/C16H24N4O3/c17-11-13-2-1-3-14(10-13)12-18-15(22)16(23)20-6-4-19(5-7-20)8-9-21/h1-3,10,21H,4-9,11-12,17H2,(H,18,22). The fraction of sp³-hybridized carbons (Fsp3) is 0.500. The fourth-order valence-electron chi connectivity index (χ4n) is 2.58. The zero-order valence-electron chi connectivity index (χ0n) is 13.2. The van der Waals surface area contributed by atoms with Crippen molar-refractivity contribution < 1.29 is 14.7 Å². The Balaban J connectivity index is 1.80. The third-order valence-electron chi connectivity index (χ3n) is 3.95. The third kappa shape index (κ3) is 5.02. The number of benzene rings is 1. The Morgan fingerprint density at radius 1 is 1.17 bits per heavy atom. The summed E-state index contributed by atoms with van der Waals surface area (Å²) < 4.78 is 0. The smallest absolute Gasteiger partial charge is 0.311 e. The average molecular weight is 320 g/mol. The quantitative estimate of drug-likeness (QED) is 0.598. The Morgan fingerprint density at radius 2 is 1.87 bits per heavy atom. The molecule has 2 amide bonds. The SMILES string of the molecule is NCc1cccc(CNC(=O)C(=O)N2CCN(CCO)CC2)c1. The van der Waals surface area contributed by atoms with Gasteiger partial charge in [0.25, 0.3) is 0 Å². The predicted octanol–water partition coefficient (Wildman–Crippen LogP) is -1.10. The van der Waals surface area contributed by atoms with Gasteiger partial charge in [-0.15, -0.1) is 0 Å². The maximum absolute atomic E-state index is 12.1. The van der Waals surface area contributed by atoms with Gasteiger partial charge in [-0.05, 0) is 11.1 Å². The zero-order valence-corrected chi connectivity index (χ0v) is 13.2. The molecule has 1 saturated heterocycles. The van der Waals surface area contributed by atoms with Crippen LogP contribution in [0.25, 0.3) is 0 Å². The number of nitrogens with zero attached hydrogens (tertiary/aromatic N) is 2. The molecular weight excluding hydrogens is 296 g/mol. The summed E-state index contributed by atoms with van der Waals surface area (Å²) in [6.07, 6.45) is 0. The van der Waals surface area contributed by atoms with Crippen LogP contribution < -0.4 is 11.1 Å². The summed E-state index contributed by atoms with van der Waals surface area (Å²) in [4.78, 5) is 27.8. The summed E-state index contributed by atoms with van der Waals surface area (Å²) in [5.41, 5.74) is 7.49. The number of hydrogen-bond donors (Lipinski definition) is 3. The molecule has 1 aromatic rings. The minimum absolute atomic E-state index is 0.107. The van der Waals surface area contributed by atoms with E-state index in [1.54, 1.807) is 4.90 Å². The van der Waals surface area contributed by atoms with Crippen molar-refractivity contribution in [2.75, 3.05) is 39.3 Å². The van der Waals surface area contributed by atoms with Gasteiger partial charge in [0.15, 0.2) is 0 Å². The van der Waals surface area contributed by atoms with Gasteiger partial charge in [0.2, 0.25) is 0 Å². The number of amides is 2. The molecule has 0 spiro atoms. The minimum Gasteiger partial charge on any atom is -0.395 e. The van der Waals surface area contributed by atoms with Gasteiger partial charge in [-0.3, -0.25) is 14.5 Å². The first-order chi connectivity index (χ1) is 11.1. The van der Waals surface area contributed by atoms with E-state index in [0.29, 0.717) is 45.8 Å². The molecule has 1 heterocycles. The van der Waals surface area contributed by atoms with Crippen LogP contribution in [0, 0.1) is 0 Å². The summed E-state index contributed by atoms with van der Waals surface area (Å²) in [7, 11) is 0. The summed E-state index contributed by atoms with van der Waals surface area (Å²) in [5, 5.41) is 11.6. The zero-order chi connectivity index (χ0) is 16.7. The van der Waals surface area contributed by atoms with E-state index in [4.69, 9.17) is 10.8 Å². The first-order valence-corrected chi connectivity index (χ1v) is 7.82. The molecule has 7 nitrogen and oxygen atoms in total. The van der Waals surface area contributed by atoms with Crippen LogP contribution in [-0.2, 0) is 22.7 Å². The van der Waals surface area contributed by atoms with Gasteiger partial charge in [0.1, 0.15) is 0 Å². The Morgan fingerprint density at radius 3 is 2.52 bits per heavy atom. The van der Waals surface area contributed by atoms with Gasteiger partial charge in [-0.1, -0.05) is 24.3 Å². The summed E-state index contributed by atoms with van der Waals surface area (Å²) >= 11 is 0. The van der Waals surface area contributed by atoms with E-state index < -0.39 is 11.8 Å². The van der Waals surface area contributed by atoms with Crippen molar-refractivity contribution >= 4 is 11.8 Å². The van der Waals surface area contributed by atoms with Crippen molar-refractivity contribution in [3.63, 3.8) is 0 Å². The number of β-amino-alcohol motifs (C(OH)–C–C–N with tert-alkyl or cyclic N) is 1. The number of rotatable bonds is 5. The van der Waals surface area contributed by atoms with E-state index in [-0.39, 0.29) is 6.61 Å². The minimum atomic E-state index is -0.584. The van der Waals surface area contributed by atoms with E-state index in [2.05, 4.69) is 10.2 Å². The molecule has 1 aliphatic rings. The maximum atomic E-state index is 12.1. The number of aliphatic hydroxyl groups is 1. The molecule has 1 aliphatic heterocycles. The lowest BCUT2D eigenvalue weighted by atomic mass is 10.1. The monoisotopic (exact) mass is 320 g/mol. The van der Waals surface area contributed by atoms with Crippen molar-refractivity contribution in [2.24, 2.45) is 5.73 Å². The molecule has 1 fully saturated rings. The van der Waals surface area contributed by atoms with E-state index in [9.17, 15) is 9.59 Å². The molecule has 0 bridgehead atoms. The van der Waals surface area contributed by atoms with Gasteiger partial charge >= 0.3 is 11.8 Å². The van der Waals surface area contributed by atoms with Gasteiger partial charge < -0.3 is 21.1 Å². The first-order valence-electron chi connectivity index (χ1n) is 7.82. The van der Waals surface area contributed by atoms with E-state index in [1.807, 2.05) is 24.3 Å². The molecular formula is C16H24N4O3. The van der Waals surface area contributed by atoms with Crippen molar-refractivity contribution in [2.45, 2.75) is 13.1 Å². The molecule has 0 aromatic heterocycles. The number of piperazine rings is 1. The molecule has 126 valence electrons. The molecule has 0 aliphatic carbocycles. The Labute approximate surface area is 136 Å². The number of aliphatic hydroxyl groups excluding tert-OH is 1. The van der Waals surface area contributed by atoms with Crippen molar-refractivity contribution in [1.29, 1.82) is 0 Å². The highest BCUT2D eigenvalue weighted by atomic mass is 16.3. The number of carbonyl (C=O) groups excluding carboxylic acids is 2. The molecule has 0 saturated carbocycles. The first kappa shape index (κ1) is 17.4. The van der Waals surface area contributed by atoms with Crippen LogP contribution in [0.4, 0.5) is 0 Å². The third-order valence-corrected chi connectivity index (χ3v) is 3.95. The van der Waals surface area contributed by atoms with Crippen LogP contribution in [0.5, 0.6) is 0 Å². The molecule has 23 heavy (non-hydrogen) atoms. The number of nitrogens with two attached hydrogens (primary N) is 1. The van der Waals surface area contributed by atoms with Crippen LogP contribution in [0.2, 0.25) is 0 Å². The Kier molecular flexibility index (Phi) is 6.52. The molecule has 2 rings (SSSR count). The van der Waals surface area contributed by atoms with Gasteiger partial charge in [0, 0.05) is 45.8 Å². The number of nitrogens with one attached hydrogen (secondary N) is 1. The van der Waals surface area contributed by atoms with E-state index in [1.165, 1.54) is 0 Å². The fourth-order valence-corrected chi connectivity index (χ4v) is 2.58. The Bertz CT molecular complexity index is 542. The van der Waals surface area contributed by atoms with E-state index in [0.717, 1.165) is 11.1 Å². The van der Waals surface area contributed by atoms with Crippen LogP contribution in [0.15, 0.2) is 24.3 Å². The highest BCUT2D eigenvalue weighted by molar-refractivity contribution is 6.34.